The summed E-state index contributed by atoms with van der Waals surface area (Å²) in [6.07, 6.45) is 1.42. The average molecular weight is 442 g/mol. The first-order valence-electron chi connectivity index (χ1n) is 11.0. The number of furan rings is 1. The van der Waals surface area contributed by atoms with Crippen molar-refractivity contribution in [3.63, 3.8) is 0 Å². The number of amides is 1. The molecule has 1 fully saturated rings. The molecule has 2 aromatic rings. The number of nitrogens with two attached hydrogens (primary N) is 1. The van der Waals surface area contributed by atoms with Gasteiger partial charge in [-0.2, -0.15) is 0 Å². The maximum absolute atomic E-state index is 12.2. The number of guanidine groups is 1. The van der Waals surface area contributed by atoms with E-state index in [1.165, 1.54) is 5.56 Å². The highest BCUT2D eigenvalue weighted by molar-refractivity contribution is 5.78. The van der Waals surface area contributed by atoms with E-state index < -0.39 is 5.60 Å². The van der Waals surface area contributed by atoms with Crippen LogP contribution in [-0.2, 0) is 24.4 Å². The van der Waals surface area contributed by atoms with Crippen LogP contribution in [0.5, 0.6) is 0 Å². The van der Waals surface area contributed by atoms with Crippen molar-refractivity contribution in [2.45, 2.75) is 46.0 Å². The summed E-state index contributed by atoms with van der Waals surface area (Å²) in [4.78, 5) is 22.8. The fourth-order valence-electron chi connectivity index (χ4n) is 3.59. The molecule has 0 radical (unpaired) electrons. The number of piperazine rings is 1. The molecule has 32 heavy (non-hydrogen) atoms. The van der Waals surface area contributed by atoms with Crippen molar-refractivity contribution >= 4 is 12.1 Å². The zero-order valence-electron chi connectivity index (χ0n) is 19.6. The number of ether oxygens (including phenoxy) is 1. The van der Waals surface area contributed by atoms with Gasteiger partial charge in [-0.25, -0.2) is 9.79 Å². The van der Waals surface area contributed by atoms with Crippen LogP contribution in [0.4, 0.5) is 4.79 Å². The Labute approximate surface area is 190 Å². The minimum Gasteiger partial charge on any atom is -0.468 e. The Morgan fingerprint density at radius 3 is 2.34 bits per heavy atom. The van der Waals surface area contributed by atoms with E-state index in [0.29, 0.717) is 38.7 Å². The molecule has 0 unspecified atom stereocenters. The molecule has 2 N–H and O–H groups in total. The Morgan fingerprint density at radius 2 is 1.72 bits per heavy atom. The van der Waals surface area contributed by atoms with Crippen LogP contribution >= 0.6 is 0 Å². The smallest absolute Gasteiger partial charge is 0.410 e. The van der Waals surface area contributed by atoms with E-state index in [1.807, 2.05) is 49.9 Å². The molecule has 1 aliphatic heterocycles. The highest BCUT2D eigenvalue weighted by Gasteiger charge is 2.26. The minimum absolute atomic E-state index is 0.278. The van der Waals surface area contributed by atoms with Gasteiger partial charge in [0.1, 0.15) is 11.4 Å². The van der Waals surface area contributed by atoms with E-state index in [2.05, 4.69) is 29.1 Å². The number of benzene rings is 1. The molecule has 0 aliphatic carbocycles. The first kappa shape index (κ1) is 23.7. The number of rotatable bonds is 6. The van der Waals surface area contributed by atoms with Gasteiger partial charge in [-0.05, 0) is 51.1 Å². The van der Waals surface area contributed by atoms with Gasteiger partial charge >= 0.3 is 6.09 Å². The van der Waals surface area contributed by atoms with Gasteiger partial charge in [0.05, 0.1) is 19.4 Å². The molecule has 1 aromatic carbocycles. The second-order valence-electron chi connectivity index (χ2n) is 9.15. The van der Waals surface area contributed by atoms with Gasteiger partial charge < -0.3 is 24.7 Å². The third kappa shape index (κ3) is 7.02. The zero-order chi connectivity index (χ0) is 23.1. The summed E-state index contributed by atoms with van der Waals surface area (Å²) < 4.78 is 10.9. The second kappa shape index (κ2) is 10.5. The lowest BCUT2D eigenvalue weighted by molar-refractivity contribution is 0.0186. The summed E-state index contributed by atoms with van der Waals surface area (Å²) in [6, 6.07) is 12.2. The molecule has 8 nitrogen and oxygen atoms in total. The first-order chi connectivity index (χ1) is 15.2. The summed E-state index contributed by atoms with van der Waals surface area (Å²) in [5.41, 5.74) is 8.15. The Kier molecular flexibility index (Phi) is 7.80. The summed E-state index contributed by atoms with van der Waals surface area (Å²) in [5.74, 6) is 1.45. The largest absolute Gasteiger partial charge is 0.468 e. The highest BCUT2D eigenvalue weighted by Crippen LogP contribution is 2.15. The van der Waals surface area contributed by atoms with Crippen LogP contribution < -0.4 is 5.73 Å². The number of hydrogen-bond acceptors (Lipinski definition) is 5. The standard InChI is InChI=1S/C24H35N5O3/c1-24(2,3)32-23(30)29-13-11-28(12-14-29)22(25)26-16-19-8-5-6-9-20(19)17-27(4)18-21-10-7-15-31-21/h5-10,15H,11-14,16-18H2,1-4H3,(H2,25,26). The number of aliphatic imine (C=N–C) groups is 1. The van der Waals surface area contributed by atoms with Gasteiger partial charge in [0, 0.05) is 32.7 Å². The number of carbonyl (C=O) groups is 1. The molecule has 1 aromatic heterocycles. The molecule has 2 heterocycles. The zero-order valence-corrected chi connectivity index (χ0v) is 19.6. The topological polar surface area (TPSA) is 87.5 Å². The molecule has 1 saturated heterocycles. The van der Waals surface area contributed by atoms with Crippen molar-refractivity contribution in [3.05, 3.63) is 59.5 Å². The molecule has 0 bridgehead atoms. The number of nitrogens with zero attached hydrogens (tertiary/aromatic N) is 4. The third-order valence-corrected chi connectivity index (χ3v) is 5.23. The minimum atomic E-state index is -0.492. The average Bonchev–Trinajstić information content (AvgIpc) is 3.24. The van der Waals surface area contributed by atoms with Crippen molar-refractivity contribution < 1.29 is 13.9 Å². The van der Waals surface area contributed by atoms with Crippen molar-refractivity contribution in [1.82, 2.24) is 14.7 Å². The Bertz CT molecular complexity index is 897. The van der Waals surface area contributed by atoms with Crippen LogP contribution in [0.3, 0.4) is 0 Å². The van der Waals surface area contributed by atoms with E-state index in [4.69, 9.17) is 14.9 Å². The van der Waals surface area contributed by atoms with Crippen LogP contribution in [-0.4, -0.2) is 65.6 Å². The van der Waals surface area contributed by atoms with Crippen molar-refractivity contribution in [1.29, 1.82) is 0 Å². The van der Waals surface area contributed by atoms with Gasteiger partial charge in [0.15, 0.2) is 5.96 Å². The Hall–Kier alpha value is -3.00. The van der Waals surface area contributed by atoms with Gasteiger partial charge in [0.25, 0.3) is 0 Å². The number of hydrogen-bond donors (Lipinski definition) is 1. The molecular formula is C24H35N5O3. The fourth-order valence-corrected chi connectivity index (χ4v) is 3.59. The highest BCUT2D eigenvalue weighted by atomic mass is 16.6. The van der Waals surface area contributed by atoms with E-state index in [1.54, 1.807) is 11.2 Å². The van der Waals surface area contributed by atoms with Crippen molar-refractivity contribution in [2.24, 2.45) is 10.7 Å². The first-order valence-corrected chi connectivity index (χ1v) is 11.0. The monoisotopic (exact) mass is 441 g/mol. The quantitative estimate of drug-likeness (QED) is 0.547. The lowest BCUT2D eigenvalue weighted by Crippen LogP contribution is -2.53. The van der Waals surface area contributed by atoms with E-state index in [0.717, 1.165) is 24.4 Å². The molecule has 8 heteroatoms. The lowest BCUT2D eigenvalue weighted by atomic mass is 10.1. The predicted molar refractivity (Wildman–Crippen MR) is 125 cm³/mol. The molecule has 3 rings (SSSR count). The summed E-state index contributed by atoms with van der Waals surface area (Å²) in [5, 5.41) is 0. The molecule has 0 saturated carbocycles. The van der Waals surface area contributed by atoms with Crippen LogP contribution in [0, 0.1) is 0 Å². The van der Waals surface area contributed by atoms with Crippen LogP contribution in [0.1, 0.15) is 37.7 Å². The van der Waals surface area contributed by atoms with Gasteiger partial charge in [0.2, 0.25) is 0 Å². The van der Waals surface area contributed by atoms with Gasteiger partial charge in [-0.3, -0.25) is 4.90 Å². The van der Waals surface area contributed by atoms with E-state index >= 15 is 0 Å². The van der Waals surface area contributed by atoms with Crippen molar-refractivity contribution in [2.75, 3.05) is 33.2 Å². The predicted octanol–water partition coefficient (Wildman–Crippen LogP) is 3.28. The molecule has 174 valence electrons. The van der Waals surface area contributed by atoms with Crippen LogP contribution in [0.25, 0.3) is 0 Å². The molecule has 1 aliphatic rings. The van der Waals surface area contributed by atoms with E-state index in [-0.39, 0.29) is 6.09 Å². The van der Waals surface area contributed by atoms with E-state index in [9.17, 15) is 4.79 Å². The molecule has 0 spiro atoms. The summed E-state index contributed by atoms with van der Waals surface area (Å²) >= 11 is 0. The molecule has 0 atom stereocenters. The Morgan fingerprint density at radius 1 is 1.06 bits per heavy atom. The maximum atomic E-state index is 12.2. The van der Waals surface area contributed by atoms with Crippen LogP contribution in [0.2, 0.25) is 0 Å². The maximum Gasteiger partial charge on any atom is 0.410 e. The number of carbonyl (C=O) groups excluding carboxylic acids is 1. The third-order valence-electron chi connectivity index (χ3n) is 5.23. The lowest BCUT2D eigenvalue weighted by Gasteiger charge is -2.36. The summed E-state index contributed by atoms with van der Waals surface area (Å²) in [7, 11) is 2.07. The molecule has 1 amide bonds. The fraction of sp³-hybridized carbons (Fsp3) is 0.500. The van der Waals surface area contributed by atoms with Gasteiger partial charge in [-0.15, -0.1) is 0 Å². The normalized spacial score (nSPS) is 15.3. The molecular weight excluding hydrogens is 406 g/mol. The summed E-state index contributed by atoms with van der Waals surface area (Å²) in [6.45, 7) is 10.1. The van der Waals surface area contributed by atoms with Gasteiger partial charge in [-0.1, -0.05) is 24.3 Å². The van der Waals surface area contributed by atoms with Crippen LogP contribution in [0.15, 0.2) is 52.1 Å². The SMILES string of the molecule is CN(Cc1ccco1)Cc1ccccc1CN=C(N)N1CCN(C(=O)OC(C)(C)C)CC1. The second-order valence-corrected chi connectivity index (χ2v) is 9.15. The van der Waals surface area contributed by atoms with Crippen molar-refractivity contribution in [3.8, 4) is 0 Å². The Balaban J connectivity index is 1.53.